The first-order valence-corrected chi connectivity index (χ1v) is 10.9. The number of pyridine rings is 1. The number of aryl methyl sites for hydroxylation is 1. The second-order valence-corrected chi connectivity index (χ2v) is 8.83. The van der Waals surface area contributed by atoms with Crippen LogP contribution in [0.4, 0.5) is 19.3 Å². The Bertz CT molecular complexity index is 1180. The predicted molar refractivity (Wildman–Crippen MR) is 120 cm³/mol. The third-order valence-corrected chi connectivity index (χ3v) is 6.31. The Morgan fingerprint density at radius 3 is 2.75 bits per heavy atom. The summed E-state index contributed by atoms with van der Waals surface area (Å²) in [6.45, 7) is -0.0450. The van der Waals surface area contributed by atoms with Crippen LogP contribution in [0.15, 0.2) is 48.7 Å². The van der Waals surface area contributed by atoms with E-state index in [2.05, 4.69) is 15.6 Å². The highest BCUT2D eigenvalue weighted by Crippen LogP contribution is 2.46. The molecule has 2 aromatic carbocycles. The first-order valence-electron chi connectivity index (χ1n) is 10.9. The van der Waals surface area contributed by atoms with Gasteiger partial charge in [-0.1, -0.05) is 24.3 Å². The molecule has 32 heavy (non-hydrogen) atoms. The minimum absolute atomic E-state index is 0.0156. The average Bonchev–Trinajstić information content (AvgIpc) is 3.64. The van der Waals surface area contributed by atoms with E-state index in [0.29, 0.717) is 17.4 Å². The molecule has 5 rings (SSSR count). The van der Waals surface area contributed by atoms with Gasteiger partial charge in [0.15, 0.2) is 5.60 Å². The monoisotopic (exact) mass is 437 g/mol. The van der Waals surface area contributed by atoms with E-state index < -0.39 is 31.0 Å². The number of benzene rings is 2. The van der Waals surface area contributed by atoms with Crippen molar-refractivity contribution in [1.29, 1.82) is 0 Å². The lowest BCUT2D eigenvalue weighted by Gasteiger charge is -2.39. The lowest BCUT2D eigenvalue weighted by Crippen LogP contribution is -2.49. The molecule has 2 aliphatic rings. The van der Waals surface area contributed by atoms with Gasteiger partial charge in [-0.3, -0.25) is 4.98 Å². The zero-order valence-electron chi connectivity index (χ0n) is 17.8. The Balaban J connectivity index is 1.42. The first-order chi connectivity index (χ1) is 15.5. The number of carbonyl (C=O) groups is 1. The van der Waals surface area contributed by atoms with Crippen LogP contribution in [0.3, 0.4) is 0 Å². The number of hydrogen-bond donors (Lipinski definition) is 2. The van der Waals surface area contributed by atoms with Crippen LogP contribution in [-0.2, 0) is 0 Å². The van der Waals surface area contributed by atoms with Crippen molar-refractivity contribution in [3.63, 3.8) is 0 Å². The second-order valence-electron chi connectivity index (χ2n) is 8.83. The largest absolute Gasteiger partial charge is 0.481 e. The molecular formula is C25H25F2N3O2. The first kappa shape index (κ1) is 20.7. The number of anilines is 1. The minimum Gasteiger partial charge on any atom is -0.481 e. The number of urea groups is 1. The Morgan fingerprint density at radius 1 is 1.19 bits per heavy atom. The average molecular weight is 437 g/mol. The number of hydrogen-bond acceptors (Lipinski definition) is 3. The molecule has 1 aliphatic heterocycles. The zero-order valence-corrected chi connectivity index (χ0v) is 17.8. The molecule has 2 N–H and O–H groups in total. The maximum absolute atomic E-state index is 13.9. The fraction of sp³-hybridized carbons (Fsp3) is 0.360. The molecule has 0 spiro atoms. The van der Waals surface area contributed by atoms with Crippen molar-refractivity contribution in [2.45, 2.75) is 43.7 Å². The molecule has 0 radical (unpaired) electrons. The third kappa shape index (κ3) is 3.87. The van der Waals surface area contributed by atoms with Crippen LogP contribution in [0.5, 0.6) is 5.75 Å². The van der Waals surface area contributed by atoms with Gasteiger partial charge in [-0.05, 0) is 49.4 Å². The number of amides is 2. The Morgan fingerprint density at radius 2 is 2.00 bits per heavy atom. The maximum Gasteiger partial charge on any atom is 0.319 e. The van der Waals surface area contributed by atoms with Crippen LogP contribution in [0.1, 0.15) is 48.0 Å². The molecule has 7 heteroatoms. The Labute approximate surface area is 185 Å². The van der Waals surface area contributed by atoms with Crippen molar-refractivity contribution in [1.82, 2.24) is 10.3 Å². The smallest absolute Gasteiger partial charge is 0.319 e. The van der Waals surface area contributed by atoms with Gasteiger partial charge in [0.2, 0.25) is 0 Å². The molecular weight excluding hydrogens is 412 g/mol. The predicted octanol–water partition coefficient (Wildman–Crippen LogP) is 5.74. The van der Waals surface area contributed by atoms with E-state index in [0.717, 1.165) is 40.4 Å². The normalized spacial score (nSPS) is 19.2. The Hall–Kier alpha value is -3.22. The zero-order chi connectivity index (χ0) is 22.3. The summed E-state index contributed by atoms with van der Waals surface area (Å²) in [6, 6.07) is 12.3. The fourth-order valence-corrected chi connectivity index (χ4v) is 4.38. The SMILES string of the molecule is Cc1cc2c(NC(=O)N[C@@H]3CC(CF)(CF)Oc4cc(C5CC5)ccc43)cccc2cn1. The van der Waals surface area contributed by atoms with E-state index in [1.165, 1.54) is 0 Å². The summed E-state index contributed by atoms with van der Waals surface area (Å²) < 4.78 is 33.5. The van der Waals surface area contributed by atoms with Gasteiger partial charge in [-0.25, -0.2) is 13.6 Å². The van der Waals surface area contributed by atoms with Crippen LogP contribution < -0.4 is 15.4 Å². The van der Waals surface area contributed by atoms with Crippen LogP contribution in [0, 0.1) is 6.92 Å². The fourth-order valence-electron chi connectivity index (χ4n) is 4.38. The number of rotatable bonds is 5. The number of carbonyl (C=O) groups excluding carboxylic acids is 1. The van der Waals surface area contributed by atoms with Gasteiger partial charge in [0.25, 0.3) is 0 Å². The van der Waals surface area contributed by atoms with Gasteiger partial charge in [0, 0.05) is 34.6 Å². The number of aromatic nitrogens is 1. The van der Waals surface area contributed by atoms with E-state index in [1.807, 2.05) is 49.4 Å². The lowest BCUT2D eigenvalue weighted by atomic mass is 9.88. The van der Waals surface area contributed by atoms with Gasteiger partial charge in [0.1, 0.15) is 19.1 Å². The third-order valence-electron chi connectivity index (χ3n) is 6.31. The lowest BCUT2D eigenvalue weighted by molar-refractivity contribution is -0.0105. The van der Waals surface area contributed by atoms with Gasteiger partial charge < -0.3 is 15.4 Å². The molecule has 0 unspecified atom stereocenters. The second kappa shape index (κ2) is 8.04. The summed E-state index contributed by atoms with van der Waals surface area (Å²) in [5, 5.41) is 7.58. The molecule has 0 saturated heterocycles. The summed E-state index contributed by atoms with van der Waals surface area (Å²) in [4.78, 5) is 17.2. The topological polar surface area (TPSA) is 63.2 Å². The number of fused-ring (bicyclic) bond motifs is 2. The van der Waals surface area contributed by atoms with Crippen molar-refractivity contribution in [2.24, 2.45) is 0 Å². The molecule has 166 valence electrons. The van der Waals surface area contributed by atoms with Gasteiger partial charge in [-0.15, -0.1) is 0 Å². The quantitative estimate of drug-likeness (QED) is 0.535. The highest BCUT2D eigenvalue weighted by atomic mass is 19.1. The molecule has 2 amide bonds. The van der Waals surface area contributed by atoms with E-state index in [-0.39, 0.29) is 6.42 Å². The molecule has 5 nitrogen and oxygen atoms in total. The number of nitrogens with one attached hydrogen (secondary N) is 2. The standard InChI is InChI=1S/C25H25F2N3O2/c1-15-9-20-18(12-28-15)3-2-4-21(20)29-24(31)30-22-11-25(13-26,14-27)32-23-10-17(16-5-6-16)7-8-19(22)23/h2-4,7-10,12,16,22H,5-6,11,13-14H2,1H3,(H2,29,30,31)/t22-/m1/s1. The van der Waals surface area contributed by atoms with Crippen molar-refractivity contribution < 1.29 is 18.3 Å². The van der Waals surface area contributed by atoms with E-state index in [1.54, 1.807) is 6.20 Å². The van der Waals surface area contributed by atoms with Gasteiger partial charge in [-0.2, -0.15) is 0 Å². The molecule has 2 heterocycles. The molecule has 1 aromatic heterocycles. The van der Waals surface area contributed by atoms with Gasteiger partial charge in [0.05, 0.1) is 11.7 Å². The van der Waals surface area contributed by atoms with E-state index in [4.69, 9.17) is 4.74 Å². The molecule has 1 aliphatic carbocycles. The molecule has 1 saturated carbocycles. The summed E-state index contributed by atoms with van der Waals surface area (Å²) in [6.07, 6.45) is 4.00. The van der Waals surface area contributed by atoms with E-state index >= 15 is 0 Å². The van der Waals surface area contributed by atoms with Crippen molar-refractivity contribution >= 4 is 22.5 Å². The van der Waals surface area contributed by atoms with Crippen molar-refractivity contribution in [2.75, 3.05) is 18.7 Å². The number of halogens is 2. The van der Waals surface area contributed by atoms with Gasteiger partial charge >= 0.3 is 6.03 Å². The highest BCUT2D eigenvalue weighted by Gasteiger charge is 2.43. The summed E-state index contributed by atoms with van der Waals surface area (Å²) in [5.74, 6) is 0.933. The summed E-state index contributed by atoms with van der Waals surface area (Å²) in [7, 11) is 0. The summed E-state index contributed by atoms with van der Waals surface area (Å²) in [5.41, 5.74) is 1.74. The molecule has 1 fully saturated rings. The van der Waals surface area contributed by atoms with Crippen LogP contribution in [0.25, 0.3) is 10.8 Å². The maximum atomic E-state index is 13.9. The van der Waals surface area contributed by atoms with Crippen molar-refractivity contribution in [3.05, 3.63) is 65.5 Å². The van der Waals surface area contributed by atoms with Crippen LogP contribution in [0.2, 0.25) is 0 Å². The van der Waals surface area contributed by atoms with E-state index in [9.17, 15) is 13.6 Å². The summed E-state index contributed by atoms with van der Waals surface area (Å²) >= 11 is 0. The van der Waals surface area contributed by atoms with Crippen LogP contribution >= 0.6 is 0 Å². The van der Waals surface area contributed by atoms with Crippen molar-refractivity contribution in [3.8, 4) is 5.75 Å². The number of nitrogens with zero attached hydrogens (tertiary/aromatic N) is 1. The number of ether oxygens (including phenoxy) is 1. The number of alkyl halides is 2. The van der Waals surface area contributed by atoms with Crippen LogP contribution in [-0.4, -0.2) is 30.0 Å². The molecule has 3 aromatic rings. The minimum atomic E-state index is -1.59. The highest BCUT2D eigenvalue weighted by molar-refractivity contribution is 6.01. The molecule has 1 atom stereocenters. The molecule has 0 bridgehead atoms. The Kier molecular flexibility index (Phi) is 5.19.